The molecule has 3 rings (SSSR count). The summed E-state index contributed by atoms with van der Waals surface area (Å²) in [6.07, 6.45) is 0.211. The van der Waals surface area contributed by atoms with Crippen molar-refractivity contribution in [2.75, 3.05) is 6.61 Å². The molecule has 5 heteroatoms. The van der Waals surface area contributed by atoms with Crippen molar-refractivity contribution in [2.45, 2.75) is 58.1 Å². The fraction of sp³-hybridized carbons (Fsp3) is 0.435. The Morgan fingerprint density at radius 1 is 0.964 bits per heavy atom. The Labute approximate surface area is 168 Å². The van der Waals surface area contributed by atoms with E-state index in [9.17, 15) is 4.79 Å². The Bertz CT molecular complexity index is 800. The van der Waals surface area contributed by atoms with Gasteiger partial charge in [0.2, 0.25) is 0 Å². The van der Waals surface area contributed by atoms with E-state index in [1.165, 1.54) is 0 Å². The predicted octanol–water partition coefficient (Wildman–Crippen LogP) is 5.02. The lowest BCUT2D eigenvalue weighted by Crippen LogP contribution is -2.41. The molecule has 1 unspecified atom stereocenters. The van der Waals surface area contributed by atoms with Crippen LogP contribution in [-0.4, -0.2) is 30.9 Å². The molecule has 28 heavy (non-hydrogen) atoms. The number of esters is 1. The fourth-order valence-corrected chi connectivity index (χ4v) is 3.40. The number of hydrogen-bond acceptors (Lipinski definition) is 4. The highest BCUT2D eigenvalue weighted by molar-refractivity contribution is 6.48. The standard InChI is InChI=1S/C23H29BO4/c1-6-26-21(25)16-20(24-27-22(2,3)23(4,5)28-24)19-14-10-13-18(15-19)17-11-8-7-9-12-17/h7-15,20H,6,16H2,1-5H3. The normalized spacial score (nSPS) is 18.7. The Hall–Kier alpha value is -2.11. The van der Waals surface area contributed by atoms with Gasteiger partial charge < -0.3 is 14.0 Å². The molecule has 0 N–H and O–H groups in total. The number of benzene rings is 2. The first kappa shape index (κ1) is 20.6. The maximum absolute atomic E-state index is 12.3. The zero-order chi connectivity index (χ0) is 20.4. The fourth-order valence-electron chi connectivity index (χ4n) is 3.40. The number of ether oxygens (including phenoxy) is 1. The topological polar surface area (TPSA) is 44.8 Å². The molecule has 1 heterocycles. The molecule has 2 aromatic rings. The molecule has 1 saturated heterocycles. The van der Waals surface area contributed by atoms with E-state index in [0.29, 0.717) is 6.61 Å². The summed E-state index contributed by atoms with van der Waals surface area (Å²) in [5, 5.41) is 0. The quantitative estimate of drug-likeness (QED) is 0.521. The highest BCUT2D eigenvalue weighted by atomic mass is 16.7. The monoisotopic (exact) mass is 380 g/mol. The summed E-state index contributed by atoms with van der Waals surface area (Å²) in [7, 11) is -0.513. The molecular formula is C23H29BO4. The zero-order valence-corrected chi connectivity index (χ0v) is 17.4. The number of carbonyl (C=O) groups is 1. The second-order valence-corrected chi connectivity index (χ2v) is 8.23. The average molecular weight is 380 g/mol. The van der Waals surface area contributed by atoms with Crippen LogP contribution >= 0.6 is 0 Å². The summed E-state index contributed by atoms with van der Waals surface area (Å²) in [5.74, 6) is -0.490. The molecule has 1 atom stereocenters. The molecule has 1 aliphatic rings. The van der Waals surface area contributed by atoms with E-state index >= 15 is 0 Å². The van der Waals surface area contributed by atoms with Gasteiger partial charge in [0.25, 0.3) is 0 Å². The van der Waals surface area contributed by atoms with Crippen LogP contribution in [0.5, 0.6) is 0 Å². The molecule has 0 aliphatic carbocycles. The maximum Gasteiger partial charge on any atom is 0.466 e. The Morgan fingerprint density at radius 3 is 2.18 bits per heavy atom. The van der Waals surface area contributed by atoms with Crippen LogP contribution in [0.15, 0.2) is 54.6 Å². The van der Waals surface area contributed by atoms with Gasteiger partial charge in [-0.2, -0.15) is 0 Å². The minimum Gasteiger partial charge on any atom is -0.466 e. The van der Waals surface area contributed by atoms with Crippen molar-refractivity contribution < 1.29 is 18.8 Å². The molecule has 0 amide bonds. The van der Waals surface area contributed by atoms with Gasteiger partial charge >= 0.3 is 13.1 Å². The second kappa shape index (κ2) is 8.10. The van der Waals surface area contributed by atoms with Gasteiger partial charge in [-0.3, -0.25) is 4.79 Å². The van der Waals surface area contributed by atoms with Gasteiger partial charge in [-0.05, 0) is 51.3 Å². The van der Waals surface area contributed by atoms with Gasteiger partial charge in [0, 0.05) is 5.82 Å². The van der Waals surface area contributed by atoms with Gasteiger partial charge in [-0.15, -0.1) is 0 Å². The smallest absolute Gasteiger partial charge is 0.466 e. The first-order valence-corrected chi connectivity index (χ1v) is 9.90. The Kier molecular flexibility index (Phi) is 5.97. The molecule has 4 nitrogen and oxygen atoms in total. The van der Waals surface area contributed by atoms with Gasteiger partial charge in [-0.1, -0.05) is 54.6 Å². The lowest BCUT2D eigenvalue weighted by Gasteiger charge is -2.32. The minimum absolute atomic E-state index is 0.211. The Morgan fingerprint density at radius 2 is 1.57 bits per heavy atom. The number of hydrogen-bond donors (Lipinski definition) is 0. The highest BCUT2D eigenvalue weighted by Crippen LogP contribution is 2.42. The maximum atomic E-state index is 12.3. The summed E-state index contributed by atoms with van der Waals surface area (Å²) in [5.41, 5.74) is 2.33. The number of rotatable bonds is 6. The highest BCUT2D eigenvalue weighted by Gasteiger charge is 2.54. The van der Waals surface area contributed by atoms with Crippen molar-refractivity contribution in [3.63, 3.8) is 0 Å². The van der Waals surface area contributed by atoms with Crippen molar-refractivity contribution in [3.8, 4) is 11.1 Å². The van der Waals surface area contributed by atoms with Crippen LogP contribution in [0.3, 0.4) is 0 Å². The van der Waals surface area contributed by atoms with E-state index in [2.05, 4.69) is 24.3 Å². The van der Waals surface area contributed by atoms with Crippen LogP contribution in [0.4, 0.5) is 0 Å². The molecule has 1 aliphatic heterocycles. The Balaban J connectivity index is 1.95. The van der Waals surface area contributed by atoms with Crippen molar-refractivity contribution in [2.24, 2.45) is 0 Å². The summed E-state index contributed by atoms with van der Waals surface area (Å²) in [6.45, 7) is 10.3. The van der Waals surface area contributed by atoms with Gasteiger partial charge in [0.15, 0.2) is 0 Å². The van der Waals surface area contributed by atoms with Gasteiger partial charge in [-0.25, -0.2) is 0 Å². The molecule has 148 valence electrons. The third kappa shape index (κ3) is 4.31. The summed E-state index contributed by atoms with van der Waals surface area (Å²) in [4.78, 5) is 12.3. The van der Waals surface area contributed by atoms with Crippen molar-refractivity contribution >= 4 is 13.1 Å². The summed E-state index contributed by atoms with van der Waals surface area (Å²) in [6, 6.07) is 18.4. The molecule has 0 saturated carbocycles. The molecule has 0 aromatic heterocycles. The summed E-state index contributed by atoms with van der Waals surface area (Å²) >= 11 is 0. The molecule has 0 spiro atoms. The lowest BCUT2D eigenvalue weighted by molar-refractivity contribution is -0.143. The lowest BCUT2D eigenvalue weighted by atomic mass is 9.66. The minimum atomic E-state index is -0.513. The SMILES string of the molecule is CCOC(=O)CC(B1OC(C)(C)C(C)(C)O1)c1cccc(-c2ccccc2)c1. The molecule has 0 bridgehead atoms. The molecular weight excluding hydrogens is 351 g/mol. The second-order valence-electron chi connectivity index (χ2n) is 8.23. The predicted molar refractivity (Wildman–Crippen MR) is 112 cm³/mol. The van der Waals surface area contributed by atoms with Crippen LogP contribution in [0, 0.1) is 0 Å². The largest absolute Gasteiger partial charge is 0.466 e. The van der Waals surface area contributed by atoms with Crippen LogP contribution in [0.25, 0.3) is 11.1 Å². The third-order valence-corrected chi connectivity index (χ3v) is 5.71. The van der Waals surface area contributed by atoms with E-state index < -0.39 is 18.3 Å². The van der Waals surface area contributed by atoms with Crippen molar-refractivity contribution in [1.82, 2.24) is 0 Å². The third-order valence-electron chi connectivity index (χ3n) is 5.71. The van der Waals surface area contributed by atoms with Gasteiger partial charge in [0.1, 0.15) is 0 Å². The molecule has 0 radical (unpaired) electrons. The zero-order valence-electron chi connectivity index (χ0n) is 17.4. The summed E-state index contributed by atoms with van der Waals surface area (Å²) < 4.78 is 17.8. The first-order chi connectivity index (χ1) is 13.2. The van der Waals surface area contributed by atoms with Crippen LogP contribution in [0.2, 0.25) is 0 Å². The van der Waals surface area contributed by atoms with Crippen LogP contribution in [-0.2, 0) is 18.8 Å². The van der Waals surface area contributed by atoms with Gasteiger partial charge in [0.05, 0.1) is 24.2 Å². The van der Waals surface area contributed by atoms with E-state index in [-0.39, 0.29) is 18.2 Å². The van der Waals surface area contributed by atoms with Crippen LogP contribution < -0.4 is 0 Å². The molecule has 1 fully saturated rings. The van der Waals surface area contributed by atoms with E-state index in [1.807, 2.05) is 65.0 Å². The first-order valence-electron chi connectivity index (χ1n) is 9.90. The van der Waals surface area contributed by atoms with Crippen molar-refractivity contribution in [1.29, 1.82) is 0 Å². The van der Waals surface area contributed by atoms with E-state index in [4.69, 9.17) is 14.0 Å². The molecule has 2 aromatic carbocycles. The van der Waals surface area contributed by atoms with Crippen molar-refractivity contribution in [3.05, 3.63) is 60.2 Å². The number of carbonyl (C=O) groups excluding carboxylic acids is 1. The van der Waals surface area contributed by atoms with Crippen LogP contribution in [0.1, 0.15) is 52.4 Å². The van der Waals surface area contributed by atoms with E-state index in [0.717, 1.165) is 16.7 Å². The average Bonchev–Trinajstić information content (AvgIpc) is 2.88. The van der Waals surface area contributed by atoms with E-state index in [1.54, 1.807) is 0 Å².